The molecule has 0 aliphatic carbocycles. The second-order valence-corrected chi connectivity index (χ2v) is 7.37. The van der Waals surface area contributed by atoms with Crippen LogP contribution in [0.2, 0.25) is 10.0 Å². The molecule has 26 heavy (non-hydrogen) atoms. The molecule has 0 aliphatic rings. The molecule has 0 radical (unpaired) electrons. The van der Waals surface area contributed by atoms with Gasteiger partial charge in [0.15, 0.2) is 0 Å². The Morgan fingerprint density at radius 2 is 1.81 bits per heavy atom. The Bertz CT molecular complexity index is 1010. The Morgan fingerprint density at radius 1 is 1.15 bits per heavy atom. The summed E-state index contributed by atoms with van der Waals surface area (Å²) in [6.07, 6.45) is 1.20. The van der Waals surface area contributed by atoms with Crippen molar-refractivity contribution < 1.29 is 13.2 Å². The molecule has 2 aromatic carbocycles. The van der Waals surface area contributed by atoms with Crippen molar-refractivity contribution in [3.63, 3.8) is 0 Å². The zero-order chi connectivity index (χ0) is 19.3. The van der Waals surface area contributed by atoms with Crippen molar-refractivity contribution in [2.45, 2.75) is 4.90 Å². The van der Waals surface area contributed by atoms with E-state index in [4.69, 9.17) is 33.6 Å². The van der Waals surface area contributed by atoms with Gasteiger partial charge >= 0.3 is 0 Å². The first kappa shape index (κ1) is 19.8. The van der Waals surface area contributed by atoms with Crippen molar-refractivity contribution in [1.82, 2.24) is 0 Å². The van der Waals surface area contributed by atoms with Crippen LogP contribution < -0.4 is 15.8 Å². The largest absolute Gasteiger partial charge is 0.359 e. The Labute approximate surface area is 160 Å². The van der Waals surface area contributed by atoms with Crippen LogP contribution in [-0.4, -0.2) is 14.3 Å². The lowest BCUT2D eigenvalue weighted by Crippen LogP contribution is -2.15. The predicted octanol–water partition coefficient (Wildman–Crippen LogP) is 3.10. The first-order valence-corrected chi connectivity index (χ1v) is 9.27. The van der Waals surface area contributed by atoms with Gasteiger partial charge in [0.05, 0.1) is 15.6 Å². The highest BCUT2D eigenvalue weighted by atomic mass is 35.5. The van der Waals surface area contributed by atoms with Crippen LogP contribution in [0, 0.1) is 11.3 Å². The highest BCUT2D eigenvalue weighted by Gasteiger charge is 2.11. The SMILES string of the molecule is N#C/C(=C/Nc1ccc(Cl)cc1Cl)C(=O)Nc1ccc(S(N)(=O)=O)cc1. The number of hydrogen-bond acceptors (Lipinski definition) is 5. The second-order valence-electron chi connectivity index (χ2n) is 4.96. The molecule has 0 aromatic heterocycles. The molecule has 10 heteroatoms. The van der Waals surface area contributed by atoms with Crippen molar-refractivity contribution in [2.75, 3.05) is 10.6 Å². The van der Waals surface area contributed by atoms with Crippen LogP contribution in [0.5, 0.6) is 0 Å². The third-order valence-corrected chi connectivity index (χ3v) is 4.59. The number of halogens is 2. The molecule has 7 nitrogen and oxygen atoms in total. The van der Waals surface area contributed by atoms with Gasteiger partial charge in [-0.1, -0.05) is 23.2 Å². The van der Waals surface area contributed by atoms with Crippen LogP contribution in [0.3, 0.4) is 0 Å². The third kappa shape index (κ3) is 5.21. The van der Waals surface area contributed by atoms with E-state index in [1.165, 1.54) is 36.5 Å². The summed E-state index contributed by atoms with van der Waals surface area (Å²) in [5, 5.41) is 20.1. The van der Waals surface area contributed by atoms with Gasteiger partial charge in [-0.25, -0.2) is 13.6 Å². The van der Waals surface area contributed by atoms with E-state index in [1.54, 1.807) is 18.2 Å². The summed E-state index contributed by atoms with van der Waals surface area (Å²) in [5.74, 6) is -0.687. The highest BCUT2D eigenvalue weighted by molar-refractivity contribution is 7.89. The number of carbonyl (C=O) groups excluding carboxylic acids is 1. The van der Waals surface area contributed by atoms with Crippen LogP contribution in [0.4, 0.5) is 11.4 Å². The van der Waals surface area contributed by atoms with Gasteiger partial charge in [-0.2, -0.15) is 5.26 Å². The Hall–Kier alpha value is -2.57. The lowest BCUT2D eigenvalue weighted by molar-refractivity contribution is -0.112. The van der Waals surface area contributed by atoms with Crippen LogP contribution in [0.15, 0.2) is 59.1 Å². The van der Waals surface area contributed by atoms with Crippen molar-refractivity contribution in [2.24, 2.45) is 5.14 Å². The average Bonchev–Trinajstić information content (AvgIpc) is 2.56. The van der Waals surface area contributed by atoms with Crippen molar-refractivity contribution >= 4 is 50.5 Å². The lowest BCUT2D eigenvalue weighted by atomic mass is 10.2. The number of nitrogens with one attached hydrogen (secondary N) is 2. The van der Waals surface area contributed by atoms with Gasteiger partial charge in [0.25, 0.3) is 5.91 Å². The van der Waals surface area contributed by atoms with E-state index in [9.17, 15) is 13.2 Å². The second kappa shape index (κ2) is 8.21. The van der Waals surface area contributed by atoms with E-state index < -0.39 is 15.9 Å². The number of rotatable bonds is 5. The Kier molecular flexibility index (Phi) is 6.23. The van der Waals surface area contributed by atoms with Crippen molar-refractivity contribution in [1.29, 1.82) is 5.26 Å². The third-order valence-electron chi connectivity index (χ3n) is 3.11. The number of nitrogens with two attached hydrogens (primary N) is 1. The molecule has 0 atom stereocenters. The van der Waals surface area contributed by atoms with Gasteiger partial charge in [-0.05, 0) is 42.5 Å². The number of nitriles is 1. The molecular formula is C16H12Cl2N4O3S. The van der Waals surface area contributed by atoms with Gasteiger partial charge in [0.2, 0.25) is 10.0 Å². The molecule has 2 rings (SSSR count). The number of primary sulfonamides is 1. The van der Waals surface area contributed by atoms with Gasteiger partial charge in [-0.15, -0.1) is 0 Å². The summed E-state index contributed by atoms with van der Waals surface area (Å²) in [4.78, 5) is 12.1. The zero-order valence-electron chi connectivity index (χ0n) is 13.0. The maximum absolute atomic E-state index is 12.1. The summed E-state index contributed by atoms with van der Waals surface area (Å²) >= 11 is 11.8. The molecule has 1 amide bonds. The van der Waals surface area contributed by atoms with E-state index >= 15 is 0 Å². The molecule has 134 valence electrons. The molecule has 0 saturated heterocycles. The summed E-state index contributed by atoms with van der Waals surface area (Å²) < 4.78 is 22.4. The van der Waals surface area contributed by atoms with Gasteiger partial charge < -0.3 is 10.6 Å². The minimum atomic E-state index is -3.82. The fraction of sp³-hybridized carbons (Fsp3) is 0. The topological polar surface area (TPSA) is 125 Å². The molecular weight excluding hydrogens is 399 g/mol. The molecule has 0 spiro atoms. The number of benzene rings is 2. The molecule has 0 fully saturated rings. The minimum absolute atomic E-state index is 0.0920. The van der Waals surface area contributed by atoms with E-state index in [1.807, 2.05) is 0 Å². The Morgan fingerprint density at radius 3 is 2.35 bits per heavy atom. The van der Waals surface area contributed by atoms with Crippen LogP contribution in [-0.2, 0) is 14.8 Å². The van der Waals surface area contributed by atoms with E-state index in [2.05, 4.69) is 10.6 Å². The van der Waals surface area contributed by atoms with Crippen molar-refractivity contribution in [3.8, 4) is 6.07 Å². The van der Waals surface area contributed by atoms with Gasteiger partial charge in [-0.3, -0.25) is 4.79 Å². The highest BCUT2D eigenvalue weighted by Crippen LogP contribution is 2.25. The first-order chi connectivity index (χ1) is 12.2. The summed E-state index contributed by atoms with van der Waals surface area (Å²) in [6.45, 7) is 0. The predicted molar refractivity (Wildman–Crippen MR) is 100 cm³/mol. The monoisotopic (exact) mass is 410 g/mol. The molecule has 0 heterocycles. The van der Waals surface area contributed by atoms with E-state index in [-0.39, 0.29) is 10.5 Å². The zero-order valence-corrected chi connectivity index (χ0v) is 15.4. The maximum Gasteiger partial charge on any atom is 0.267 e. The molecule has 2 aromatic rings. The number of carbonyl (C=O) groups is 1. The van der Waals surface area contributed by atoms with Crippen LogP contribution in [0.25, 0.3) is 0 Å². The van der Waals surface area contributed by atoms with Gasteiger partial charge in [0, 0.05) is 16.9 Å². The average molecular weight is 411 g/mol. The number of anilines is 2. The summed E-state index contributed by atoms with van der Waals surface area (Å²) in [6, 6.07) is 11.7. The maximum atomic E-state index is 12.1. The summed E-state index contributed by atoms with van der Waals surface area (Å²) in [7, 11) is -3.82. The molecule has 0 aliphatic heterocycles. The normalized spacial score (nSPS) is 11.5. The molecule has 0 bridgehead atoms. The Balaban J connectivity index is 2.12. The number of sulfonamides is 1. The standard InChI is InChI=1S/C16H12Cl2N4O3S/c17-11-1-6-15(14(18)7-11)21-9-10(8-19)16(23)22-12-2-4-13(5-3-12)26(20,24)25/h1-7,9,21H,(H,22,23)(H2,20,24,25)/b10-9-. The molecule has 0 saturated carbocycles. The van der Waals surface area contributed by atoms with Crippen LogP contribution in [0.1, 0.15) is 0 Å². The number of nitrogens with zero attached hydrogens (tertiary/aromatic N) is 1. The van der Waals surface area contributed by atoms with Gasteiger partial charge in [0.1, 0.15) is 11.6 Å². The molecule has 0 unspecified atom stereocenters. The minimum Gasteiger partial charge on any atom is -0.359 e. The fourth-order valence-corrected chi connectivity index (χ4v) is 2.81. The summed E-state index contributed by atoms with van der Waals surface area (Å²) in [5.41, 5.74) is 0.550. The van der Waals surface area contributed by atoms with E-state index in [0.29, 0.717) is 21.4 Å². The lowest BCUT2D eigenvalue weighted by Gasteiger charge is -2.07. The molecule has 4 N–H and O–H groups in total. The van der Waals surface area contributed by atoms with Crippen LogP contribution >= 0.6 is 23.2 Å². The van der Waals surface area contributed by atoms with Crippen molar-refractivity contribution in [3.05, 3.63) is 64.3 Å². The fourth-order valence-electron chi connectivity index (χ4n) is 1.83. The number of hydrogen-bond donors (Lipinski definition) is 3. The first-order valence-electron chi connectivity index (χ1n) is 6.97. The smallest absolute Gasteiger partial charge is 0.267 e. The number of amides is 1. The van der Waals surface area contributed by atoms with E-state index in [0.717, 1.165) is 0 Å². The quantitative estimate of drug-likeness (QED) is 0.515.